The van der Waals surface area contributed by atoms with E-state index in [2.05, 4.69) is 24.8 Å². The number of nitrogens with zero attached hydrogens (tertiary/aromatic N) is 5. The molecule has 2 aromatic heterocycles. The molecule has 0 aromatic carbocycles. The van der Waals surface area contributed by atoms with Gasteiger partial charge in [-0.15, -0.1) is 0 Å². The van der Waals surface area contributed by atoms with Crippen LogP contribution in [0.5, 0.6) is 6.01 Å². The van der Waals surface area contributed by atoms with E-state index in [1.165, 1.54) is 6.20 Å². The predicted octanol–water partition coefficient (Wildman–Crippen LogP) is 2.75. The summed E-state index contributed by atoms with van der Waals surface area (Å²) in [6.45, 7) is 2.84. The van der Waals surface area contributed by atoms with Crippen molar-refractivity contribution in [1.82, 2.24) is 19.9 Å². The second kappa shape index (κ2) is 6.83. The molecule has 7 nitrogen and oxygen atoms in total. The van der Waals surface area contributed by atoms with Gasteiger partial charge < -0.3 is 14.4 Å². The topological polar surface area (TPSA) is 63.6 Å². The van der Waals surface area contributed by atoms with E-state index in [1.54, 1.807) is 0 Å². The summed E-state index contributed by atoms with van der Waals surface area (Å²) < 4.78 is 40.6. The minimum atomic E-state index is -0.843. The van der Waals surface area contributed by atoms with Gasteiger partial charge in [0, 0.05) is 25.7 Å². The summed E-state index contributed by atoms with van der Waals surface area (Å²) in [5.74, 6) is -0.0990. The number of halogens is 3. The van der Waals surface area contributed by atoms with Crippen molar-refractivity contribution in [3.05, 3.63) is 17.2 Å². The van der Waals surface area contributed by atoms with E-state index >= 15 is 0 Å². The van der Waals surface area contributed by atoms with E-state index in [0.29, 0.717) is 37.3 Å². The fraction of sp³-hybridized carbons (Fsp3) is 0.650. The van der Waals surface area contributed by atoms with E-state index in [4.69, 9.17) is 21.1 Å². The van der Waals surface area contributed by atoms with Crippen LogP contribution in [0.2, 0.25) is 5.15 Å². The normalized spacial score (nSPS) is 33.0. The van der Waals surface area contributed by atoms with Gasteiger partial charge in [-0.25, -0.2) is 13.8 Å². The molecule has 0 bridgehead atoms. The molecule has 30 heavy (non-hydrogen) atoms. The smallest absolute Gasteiger partial charge is 0.319 e. The van der Waals surface area contributed by atoms with Crippen LogP contribution in [0.15, 0.2) is 6.20 Å². The molecule has 4 fully saturated rings. The molecule has 1 aliphatic carbocycles. The van der Waals surface area contributed by atoms with Gasteiger partial charge in [-0.05, 0) is 25.8 Å². The molecule has 5 heterocycles. The summed E-state index contributed by atoms with van der Waals surface area (Å²) in [6, 6.07) is 0.306. The van der Waals surface area contributed by atoms with Crippen LogP contribution in [0, 0.1) is 5.82 Å². The Labute approximate surface area is 177 Å². The second-order valence-electron chi connectivity index (χ2n) is 8.72. The van der Waals surface area contributed by atoms with Crippen molar-refractivity contribution >= 4 is 28.3 Å². The van der Waals surface area contributed by atoms with Crippen LogP contribution in [0.3, 0.4) is 0 Å². The summed E-state index contributed by atoms with van der Waals surface area (Å²) in [7, 11) is 0. The number of hydrogen-bond acceptors (Lipinski definition) is 7. The number of anilines is 1. The molecule has 0 spiro atoms. The van der Waals surface area contributed by atoms with E-state index in [9.17, 15) is 8.78 Å². The number of alkyl halides is 1. The molecule has 2 unspecified atom stereocenters. The Bertz CT molecular complexity index is 1010. The zero-order chi connectivity index (χ0) is 20.5. The van der Waals surface area contributed by atoms with Crippen molar-refractivity contribution in [3.63, 3.8) is 0 Å². The molecule has 10 heteroatoms. The molecule has 0 radical (unpaired) electrons. The van der Waals surface area contributed by atoms with E-state index < -0.39 is 12.0 Å². The number of pyridine rings is 1. The minimum Gasteiger partial charge on any atom is -0.461 e. The first kappa shape index (κ1) is 18.9. The van der Waals surface area contributed by atoms with Gasteiger partial charge in [-0.2, -0.15) is 9.97 Å². The van der Waals surface area contributed by atoms with Crippen molar-refractivity contribution in [3.8, 4) is 6.01 Å². The van der Waals surface area contributed by atoms with Crippen LogP contribution >= 0.6 is 11.6 Å². The van der Waals surface area contributed by atoms with Crippen molar-refractivity contribution < 1.29 is 18.3 Å². The lowest BCUT2D eigenvalue weighted by Crippen LogP contribution is -2.43. The molecule has 160 valence electrons. The molecule has 0 N–H and O–H groups in total. The molecule has 4 aliphatic rings. The van der Waals surface area contributed by atoms with Crippen molar-refractivity contribution in [2.45, 2.75) is 49.5 Å². The third kappa shape index (κ3) is 2.93. The maximum atomic E-state index is 14.8. The summed E-state index contributed by atoms with van der Waals surface area (Å²) >= 11 is 5.91. The van der Waals surface area contributed by atoms with Crippen LogP contribution in [0.4, 0.5) is 14.6 Å². The summed E-state index contributed by atoms with van der Waals surface area (Å²) in [5.41, 5.74) is -0.235. The predicted molar refractivity (Wildman–Crippen MR) is 106 cm³/mol. The van der Waals surface area contributed by atoms with Crippen LogP contribution in [0.1, 0.15) is 25.7 Å². The highest BCUT2D eigenvalue weighted by Crippen LogP contribution is 2.42. The standard InChI is InChI=1S/C20H22ClF2N5O2/c21-17-15(23)16-12(8-24-17)18(28-4-5-29-14-6-13(14)28)26-19(25-16)30-10-20-2-1-3-27(20)9-11(22)7-20/h8,11,13-14H,1-7,9-10H2/t11-,13?,14?,20+/m1/s1. The number of rotatable bonds is 4. The minimum absolute atomic E-state index is 0.0888. The first-order valence-corrected chi connectivity index (χ1v) is 10.8. The Morgan fingerprint density at radius 1 is 1.33 bits per heavy atom. The van der Waals surface area contributed by atoms with Gasteiger partial charge in [0.15, 0.2) is 11.0 Å². The lowest BCUT2D eigenvalue weighted by atomic mass is 9.95. The van der Waals surface area contributed by atoms with Gasteiger partial charge in [-0.3, -0.25) is 4.90 Å². The maximum Gasteiger partial charge on any atom is 0.319 e. The number of morpholine rings is 1. The molecule has 3 aliphatic heterocycles. The van der Waals surface area contributed by atoms with Crippen molar-refractivity contribution in [2.75, 3.05) is 37.7 Å². The van der Waals surface area contributed by atoms with E-state index in [1.807, 2.05) is 0 Å². The zero-order valence-electron chi connectivity index (χ0n) is 16.4. The highest BCUT2D eigenvalue weighted by molar-refractivity contribution is 6.30. The largest absolute Gasteiger partial charge is 0.461 e. The zero-order valence-corrected chi connectivity index (χ0v) is 17.1. The molecule has 4 atom stereocenters. The van der Waals surface area contributed by atoms with Gasteiger partial charge in [0.25, 0.3) is 0 Å². The Balaban J connectivity index is 1.37. The average Bonchev–Trinajstić information content (AvgIpc) is 3.34. The van der Waals surface area contributed by atoms with E-state index in [0.717, 1.165) is 25.8 Å². The van der Waals surface area contributed by atoms with Gasteiger partial charge in [0.1, 0.15) is 24.1 Å². The molecular formula is C20H22ClF2N5O2. The molecule has 2 aromatic rings. The van der Waals surface area contributed by atoms with Crippen LogP contribution < -0.4 is 9.64 Å². The lowest BCUT2D eigenvalue weighted by Gasteiger charge is -2.31. The highest BCUT2D eigenvalue weighted by atomic mass is 35.5. The molecule has 6 rings (SSSR count). The second-order valence-corrected chi connectivity index (χ2v) is 9.08. The molecule has 1 saturated carbocycles. The van der Waals surface area contributed by atoms with Crippen molar-refractivity contribution in [2.24, 2.45) is 0 Å². The molecule has 0 amide bonds. The molecule has 3 saturated heterocycles. The Morgan fingerprint density at radius 3 is 3.13 bits per heavy atom. The van der Waals surface area contributed by atoms with Gasteiger partial charge in [-0.1, -0.05) is 11.6 Å². The fourth-order valence-corrected chi connectivity index (χ4v) is 5.47. The molecular weight excluding hydrogens is 416 g/mol. The van der Waals surface area contributed by atoms with Gasteiger partial charge in [0.05, 0.1) is 29.7 Å². The quantitative estimate of drug-likeness (QED) is 0.681. The maximum absolute atomic E-state index is 14.8. The van der Waals surface area contributed by atoms with Crippen LogP contribution in [-0.4, -0.2) is 76.6 Å². The number of fused-ring (bicyclic) bond motifs is 3. The number of aromatic nitrogens is 3. The number of ether oxygens (including phenoxy) is 2. The average molecular weight is 438 g/mol. The monoisotopic (exact) mass is 437 g/mol. The first-order chi connectivity index (χ1) is 14.5. The third-order valence-corrected chi connectivity index (χ3v) is 7.13. The summed E-state index contributed by atoms with van der Waals surface area (Å²) in [6.07, 6.45) is 4.12. The fourth-order valence-electron chi connectivity index (χ4n) is 5.33. The van der Waals surface area contributed by atoms with Gasteiger partial charge in [0.2, 0.25) is 0 Å². The first-order valence-electron chi connectivity index (χ1n) is 10.5. The summed E-state index contributed by atoms with van der Waals surface area (Å²) in [5, 5.41) is 0.267. The van der Waals surface area contributed by atoms with Crippen molar-refractivity contribution in [1.29, 1.82) is 0 Å². The SMILES string of the molecule is Fc1c(Cl)ncc2c(N3CCOC4CC43)nc(OC[C@@]34CCCN3C[C@H](F)C4)nc12. The summed E-state index contributed by atoms with van der Waals surface area (Å²) in [4.78, 5) is 17.2. The Hall–Kier alpha value is -1.84. The third-order valence-electron chi connectivity index (χ3n) is 6.87. The van der Waals surface area contributed by atoms with Crippen LogP contribution in [0.25, 0.3) is 10.9 Å². The van der Waals surface area contributed by atoms with Crippen LogP contribution in [-0.2, 0) is 4.74 Å². The van der Waals surface area contributed by atoms with E-state index in [-0.39, 0.29) is 41.0 Å². The van der Waals surface area contributed by atoms with Gasteiger partial charge >= 0.3 is 6.01 Å². The number of hydrogen-bond donors (Lipinski definition) is 0. The highest BCUT2D eigenvalue weighted by Gasteiger charge is 2.50. The Morgan fingerprint density at radius 2 is 2.23 bits per heavy atom. The Kier molecular flexibility index (Phi) is 4.30. The lowest BCUT2D eigenvalue weighted by molar-refractivity contribution is 0.102.